The van der Waals surface area contributed by atoms with Gasteiger partial charge in [0.05, 0.1) is 11.9 Å². The van der Waals surface area contributed by atoms with E-state index >= 15 is 0 Å². The van der Waals surface area contributed by atoms with Crippen molar-refractivity contribution >= 4 is 5.69 Å². The summed E-state index contributed by atoms with van der Waals surface area (Å²) in [5.41, 5.74) is 6.94. The van der Waals surface area contributed by atoms with E-state index in [1.807, 2.05) is 0 Å². The maximum atomic E-state index is 5.80. The molecule has 1 aliphatic rings. The SMILES string of the molecule is CC1(C)CCCC(c2oncc2N)C1. The molecule has 1 unspecified atom stereocenters. The second-order valence-corrected chi connectivity index (χ2v) is 5.10. The third-order valence-electron chi connectivity index (χ3n) is 3.20. The number of nitrogens with zero attached hydrogens (tertiary/aromatic N) is 1. The molecule has 0 spiro atoms. The molecule has 0 saturated heterocycles. The minimum atomic E-state index is 0.419. The summed E-state index contributed by atoms with van der Waals surface area (Å²) in [6, 6.07) is 0. The molecule has 2 N–H and O–H groups in total. The standard InChI is InChI=1S/C11H18N2O/c1-11(2)5-3-4-8(6-11)10-9(12)7-13-14-10/h7-8H,3-6,12H2,1-2H3. The summed E-state index contributed by atoms with van der Waals surface area (Å²) in [5.74, 6) is 1.37. The maximum Gasteiger partial charge on any atom is 0.162 e. The first-order chi connectivity index (χ1) is 6.58. The number of rotatable bonds is 1. The van der Waals surface area contributed by atoms with E-state index in [0.717, 1.165) is 12.2 Å². The second kappa shape index (κ2) is 3.30. The van der Waals surface area contributed by atoms with Gasteiger partial charge in [-0.1, -0.05) is 25.4 Å². The smallest absolute Gasteiger partial charge is 0.162 e. The van der Waals surface area contributed by atoms with Crippen LogP contribution >= 0.6 is 0 Å². The molecular formula is C11H18N2O. The van der Waals surface area contributed by atoms with E-state index in [1.165, 1.54) is 19.3 Å². The summed E-state index contributed by atoms with van der Waals surface area (Å²) in [6.45, 7) is 4.62. The lowest BCUT2D eigenvalue weighted by Gasteiger charge is -2.34. The second-order valence-electron chi connectivity index (χ2n) is 5.10. The zero-order valence-electron chi connectivity index (χ0n) is 8.92. The van der Waals surface area contributed by atoms with Crippen molar-refractivity contribution < 1.29 is 4.52 Å². The predicted octanol–water partition coefficient (Wildman–Crippen LogP) is 2.94. The van der Waals surface area contributed by atoms with E-state index in [1.54, 1.807) is 6.20 Å². The molecule has 1 saturated carbocycles. The number of nitrogen functional groups attached to an aromatic ring is 1. The van der Waals surface area contributed by atoms with Crippen LogP contribution in [0.2, 0.25) is 0 Å². The molecule has 3 heteroatoms. The van der Waals surface area contributed by atoms with Crippen molar-refractivity contribution in [3.05, 3.63) is 12.0 Å². The van der Waals surface area contributed by atoms with Crippen LogP contribution in [-0.4, -0.2) is 5.16 Å². The van der Waals surface area contributed by atoms with Gasteiger partial charge in [0, 0.05) is 5.92 Å². The van der Waals surface area contributed by atoms with Crippen LogP contribution in [0.3, 0.4) is 0 Å². The molecule has 1 heterocycles. The fraction of sp³-hybridized carbons (Fsp3) is 0.727. The third kappa shape index (κ3) is 1.76. The van der Waals surface area contributed by atoms with Gasteiger partial charge >= 0.3 is 0 Å². The highest BCUT2D eigenvalue weighted by Crippen LogP contribution is 2.44. The normalized spacial score (nSPS) is 26.3. The van der Waals surface area contributed by atoms with Crippen molar-refractivity contribution in [2.75, 3.05) is 5.73 Å². The first-order valence-corrected chi connectivity index (χ1v) is 5.28. The van der Waals surface area contributed by atoms with Crippen molar-refractivity contribution in [2.45, 2.75) is 45.4 Å². The van der Waals surface area contributed by atoms with Crippen molar-refractivity contribution in [2.24, 2.45) is 5.41 Å². The number of hydrogen-bond acceptors (Lipinski definition) is 3. The van der Waals surface area contributed by atoms with Crippen molar-refractivity contribution in [3.8, 4) is 0 Å². The van der Waals surface area contributed by atoms with Gasteiger partial charge in [0.1, 0.15) is 0 Å². The van der Waals surface area contributed by atoms with Crippen LogP contribution in [0.15, 0.2) is 10.7 Å². The van der Waals surface area contributed by atoms with Gasteiger partial charge in [0.2, 0.25) is 0 Å². The molecular weight excluding hydrogens is 176 g/mol. The van der Waals surface area contributed by atoms with Gasteiger partial charge in [-0.3, -0.25) is 0 Å². The van der Waals surface area contributed by atoms with Gasteiger partial charge in [-0.05, 0) is 24.7 Å². The molecule has 1 fully saturated rings. The summed E-state index contributed by atoms with van der Waals surface area (Å²) in [6.07, 6.45) is 6.52. The quantitative estimate of drug-likeness (QED) is 0.747. The molecule has 78 valence electrons. The van der Waals surface area contributed by atoms with E-state index in [0.29, 0.717) is 17.0 Å². The van der Waals surface area contributed by atoms with Gasteiger partial charge in [0.15, 0.2) is 5.76 Å². The number of aromatic nitrogens is 1. The number of nitrogens with two attached hydrogens (primary N) is 1. The lowest BCUT2D eigenvalue weighted by molar-refractivity contribution is 0.198. The molecule has 1 atom stereocenters. The van der Waals surface area contributed by atoms with E-state index in [-0.39, 0.29) is 0 Å². The molecule has 1 aromatic heterocycles. The fourth-order valence-corrected chi connectivity index (χ4v) is 2.49. The average molecular weight is 194 g/mol. The Hall–Kier alpha value is -0.990. The van der Waals surface area contributed by atoms with Crippen LogP contribution < -0.4 is 5.73 Å². The molecule has 14 heavy (non-hydrogen) atoms. The van der Waals surface area contributed by atoms with Crippen molar-refractivity contribution in [1.29, 1.82) is 0 Å². The van der Waals surface area contributed by atoms with E-state index in [4.69, 9.17) is 10.3 Å². The maximum absolute atomic E-state index is 5.80. The fourth-order valence-electron chi connectivity index (χ4n) is 2.49. The topological polar surface area (TPSA) is 52.0 Å². The largest absolute Gasteiger partial charge is 0.395 e. The van der Waals surface area contributed by atoms with Gasteiger partial charge in [0.25, 0.3) is 0 Å². The van der Waals surface area contributed by atoms with Crippen molar-refractivity contribution in [1.82, 2.24) is 5.16 Å². The minimum Gasteiger partial charge on any atom is -0.395 e. The average Bonchev–Trinajstić information content (AvgIpc) is 2.49. The minimum absolute atomic E-state index is 0.419. The Morgan fingerprint density at radius 2 is 2.36 bits per heavy atom. The van der Waals surface area contributed by atoms with Gasteiger partial charge < -0.3 is 10.3 Å². The highest BCUT2D eigenvalue weighted by atomic mass is 16.5. The lowest BCUT2D eigenvalue weighted by Crippen LogP contribution is -2.21. The summed E-state index contributed by atoms with van der Waals surface area (Å²) in [4.78, 5) is 0. The Morgan fingerprint density at radius 3 is 2.93 bits per heavy atom. The molecule has 0 aliphatic heterocycles. The molecule has 0 amide bonds. The first-order valence-electron chi connectivity index (χ1n) is 5.28. The Kier molecular flexibility index (Phi) is 2.25. The predicted molar refractivity (Wildman–Crippen MR) is 55.9 cm³/mol. The van der Waals surface area contributed by atoms with E-state index in [9.17, 15) is 0 Å². The zero-order chi connectivity index (χ0) is 10.2. The monoisotopic (exact) mass is 194 g/mol. The van der Waals surface area contributed by atoms with Crippen LogP contribution in [-0.2, 0) is 0 Å². The molecule has 0 aromatic carbocycles. The lowest BCUT2D eigenvalue weighted by atomic mass is 9.71. The Labute approximate surface area is 84.7 Å². The Morgan fingerprint density at radius 1 is 1.57 bits per heavy atom. The third-order valence-corrected chi connectivity index (χ3v) is 3.20. The van der Waals surface area contributed by atoms with Crippen LogP contribution in [0.25, 0.3) is 0 Å². The first kappa shape index (κ1) is 9.56. The number of anilines is 1. The number of hydrogen-bond donors (Lipinski definition) is 1. The van der Waals surface area contributed by atoms with E-state index in [2.05, 4.69) is 19.0 Å². The van der Waals surface area contributed by atoms with Gasteiger partial charge in [-0.2, -0.15) is 0 Å². The van der Waals surface area contributed by atoms with Gasteiger partial charge in [-0.25, -0.2) is 0 Å². The Balaban J connectivity index is 2.16. The van der Waals surface area contributed by atoms with Crippen LogP contribution in [0, 0.1) is 5.41 Å². The molecule has 2 rings (SSSR count). The highest BCUT2D eigenvalue weighted by Gasteiger charge is 2.31. The summed E-state index contributed by atoms with van der Waals surface area (Å²) in [7, 11) is 0. The zero-order valence-corrected chi connectivity index (χ0v) is 8.92. The van der Waals surface area contributed by atoms with Crippen LogP contribution in [0.1, 0.15) is 51.2 Å². The van der Waals surface area contributed by atoms with Crippen LogP contribution in [0.4, 0.5) is 5.69 Å². The summed E-state index contributed by atoms with van der Waals surface area (Å²) >= 11 is 0. The van der Waals surface area contributed by atoms with Crippen molar-refractivity contribution in [3.63, 3.8) is 0 Å². The highest BCUT2D eigenvalue weighted by molar-refractivity contribution is 5.40. The molecule has 0 radical (unpaired) electrons. The molecule has 0 bridgehead atoms. The molecule has 1 aromatic rings. The van der Waals surface area contributed by atoms with Gasteiger partial charge in [-0.15, -0.1) is 0 Å². The molecule has 3 nitrogen and oxygen atoms in total. The summed E-state index contributed by atoms with van der Waals surface area (Å²) < 4.78 is 5.22. The van der Waals surface area contributed by atoms with E-state index < -0.39 is 0 Å². The van der Waals surface area contributed by atoms with Crippen LogP contribution in [0.5, 0.6) is 0 Å². The molecule has 1 aliphatic carbocycles. The summed E-state index contributed by atoms with van der Waals surface area (Å²) in [5, 5.41) is 3.74. The Bertz CT molecular complexity index is 317.